The Labute approximate surface area is 186 Å². The second-order valence-corrected chi connectivity index (χ2v) is 10.6. The maximum absolute atomic E-state index is 13.8. The molecule has 1 aliphatic heterocycles. The lowest BCUT2D eigenvalue weighted by molar-refractivity contribution is 0.137. The second-order valence-electron chi connectivity index (χ2n) is 8.34. The maximum Gasteiger partial charge on any atom is 0.216 e. The number of hydrogen-bond acceptors (Lipinski definition) is 5. The van der Waals surface area contributed by atoms with E-state index in [-0.39, 0.29) is 16.9 Å². The van der Waals surface area contributed by atoms with Crippen LogP contribution in [0.15, 0.2) is 48.8 Å². The number of nitriles is 1. The lowest BCUT2D eigenvalue weighted by atomic mass is 9.99. The molecule has 0 amide bonds. The van der Waals surface area contributed by atoms with Gasteiger partial charge in [-0.15, -0.1) is 0 Å². The third-order valence-corrected chi connectivity index (χ3v) is 8.54. The smallest absolute Gasteiger partial charge is 0.216 e. The molecule has 0 radical (unpaired) electrons. The van der Waals surface area contributed by atoms with Gasteiger partial charge < -0.3 is 4.74 Å². The average molecular weight is 452 g/mol. The summed E-state index contributed by atoms with van der Waals surface area (Å²) in [4.78, 5) is 4.22. The largest absolute Gasteiger partial charge is 0.490 e. The summed E-state index contributed by atoms with van der Waals surface area (Å²) in [5, 5.41) is 10.8. The molecule has 1 aliphatic carbocycles. The van der Waals surface area contributed by atoms with Crippen LogP contribution in [0.3, 0.4) is 0 Å². The minimum absolute atomic E-state index is 0.0102. The summed E-state index contributed by atoms with van der Waals surface area (Å²) in [6, 6.07) is 12.1. The van der Waals surface area contributed by atoms with Crippen LogP contribution in [0.4, 0.5) is 4.39 Å². The Balaban J connectivity index is 1.42. The van der Waals surface area contributed by atoms with Crippen LogP contribution in [-0.2, 0) is 10.0 Å². The van der Waals surface area contributed by atoms with E-state index in [1.54, 1.807) is 22.8 Å². The molecule has 0 spiro atoms. The predicted molar refractivity (Wildman–Crippen MR) is 119 cm³/mol. The third kappa shape index (κ3) is 3.94. The van der Waals surface area contributed by atoms with Gasteiger partial charge in [-0.2, -0.15) is 5.26 Å². The molecule has 164 valence electrons. The monoisotopic (exact) mass is 451 g/mol. The summed E-state index contributed by atoms with van der Waals surface area (Å²) in [6.45, 7) is 0.922. The van der Waals surface area contributed by atoms with E-state index in [4.69, 9.17) is 4.74 Å². The summed E-state index contributed by atoms with van der Waals surface area (Å²) in [5.74, 6) is 0.0996. The zero-order chi connectivity index (χ0) is 22.3. The lowest BCUT2D eigenvalue weighted by Crippen LogP contribution is -2.43. The Hall–Kier alpha value is -3.02. The molecule has 6 nitrogen and oxygen atoms in total. The Morgan fingerprint density at radius 3 is 2.56 bits per heavy atom. The second kappa shape index (κ2) is 8.15. The van der Waals surface area contributed by atoms with E-state index >= 15 is 0 Å². The number of nitrogens with zero attached hydrogens (tertiary/aromatic N) is 3. The number of rotatable bonds is 5. The number of fused-ring (bicyclic) bond motifs is 1. The van der Waals surface area contributed by atoms with Crippen LogP contribution in [0.1, 0.15) is 31.2 Å². The fourth-order valence-corrected chi connectivity index (χ4v) is 6.05. The van der Waals surface area contributed by atoms with E-state index in [1.807, 2.05) is 24.3 Å². The van der Waals surface area contributed by atoms with Crippen molar-refractivity contribution in [1.29, 1.82) is 5.26 Å². The van der Waals surface area contributed by atoms with E-state index in [1.165, 1.54) is 12.1 Å². The zero-order valence-corrected chi connectivity index (χ0v) is 18.2. The maximum atomic E-state index is 13.8. The summed E-state index contributed by atoms with van der Waals surface area (Å²) in [6.07, 6.45) is 6.10. The van der Waals surface area contributed by atoms with Crippen molar-refractivity contribution in [2.45, 2.75) is 37.0 Å². The molecule has 0 N–H and O–H groups in total. The average Bonchev–Trinajstić information content (AvgIpc) is 3.66. The molecule has 0 bridgehead atoms. The fourth-order valence-electron chi connectivity index (χ4n) is 4.18. The first kappa shape index (κ1) is 20.9. The molecule has 1 aromatic heterocycles. The number of halogens is 1. The highest BCUT2D eigenvalue weighted by molar-refractivity contribution is 7.90. The molecule has 0 atom stereocenters. The predicted octanol–water partition coefficient (Wildman–Crippen LogP) is 4.25. The van der Waals surface area contributed by atoms with Crippen LogP contribution in [0.25, 0.3) is 21.9 Å². The fraction of sp³-hybridized carbons (Fsp3) is 0.333. The van der Waals surface area contributed by atoms with Gasteiger partial charge >= 0.3 is 0 Å². The van der Waals surface area contributed by atoms with Crippen molar-refractivity contribution in [2.24, 2.45) is 0 Å². The molecule has 2 aliphatic rings. The zero-order valence-electron chi connectivity index (χ0n) is 17.4. The first-order valence-corrected chi connectivity index (χ1v) is 12.2. The number of pyridine rings is 1. The van der Waals surface area contributed by atoms with Gasteiger partial charge in [-0.25, -0.2) is 17.1 Å². The number of sulfonamides is 1. The van der Waals surface area contributed by atoms with Crippen LogP contribution < -0.4 is 4.74 Å². The summed E-state index contributed by atoms with van der Waals surface area (Å²) in [7, 11) is -3.16. The highest BCUT2D eigenvalue weighted by Gasteiger charge is 2.41. The molecule has 2 fully saturated rings. The van der Waals surface area contributed by atoms with Gasteiger partial charge in [0.05, 0.1) is 10.8 Å². The van der Waals surface area contributed by atoms with Crippen molar-refractivity contribution in [3.63, 3.8) is 0 Å². The molecule has 32 heavy (non-hydrogen) atoms. The Bertz CT molecular complexity index is 1320. The van der Waals surface area contributed by atoms with Gasteiger partial charge in [-0.1, -0.05) is 6.07 Å². The highest BCUT2D eigenvalue weighted by atomic mass is 32.2. The van der Waals surface area contributed by atoms with Crippen molar-refractivity contribution in [1.82, 2.24) is 9.29 Å². The van der Waals surface area contributed by atoms with Crippen LogP contribution in [0, 0.1) is 17.1 Å². The van der Waals surface area contributed by atoms with E-state index < -0.39 is 15.8 Å². The molecule has 2 heterocycles. The van der Waals surface area contributed by atoms with E-state index in [0.29, 0.717) is 31.7 Å². The first-order valence-electron chi connectivity index (χ1n) is 10.7. The number of piperidine rings is 1. The number of ether oxygens (including phenoxy) is 1. The molecule has 1 saturated heterocycles. The Morgan fingerprint density at radius 1 is 1.06 bits per heavy atom. The van der Waals surface area contributed by atoms with Gasteiger partial charge in [-0.3, -0.25) is 4.98 Å². The number of benzene rings is 2. The van der Waals surface area contributed by atoms with Gasteiger partial charge in [0.2, 0.25) is 10.0 Å². The summed E-state index contributed by atoms with van der Waals surface area (Å²) < 4.78 is 46.7. The van der Waals surface area contributed by atoms with Gasteiger partial charge in [-0.05, 0) is 72.5 Å². The van der Waals surface area contributed by atoms with Crippen molar-refractivity contribution in [2.75, 3.05) is 13.1 Å². The normalized spacial score (nSPS) is 17.9. The van der Waals surface area contributed by atoms with Crippen LogP contribution in [0.2, 0.25) is 0 Å². The lowest BCUT2D eigenvalue weighted by Gasteiger charge is -2.31. The van der Waals surface area contributed by atoms with E-state index in [2.05, 4.69) is 4.98 Å². The minimum Gasteiger partial charge on any atom is -0.490 e. The molecule has 5 rings (SSSR count). The van der Waals surface area contributed by atoms with E-state index in [9.17, 15) is 18.1 Å². The molecule has 1 saturated carbocycles. The molecular formula is C24H22FN3O3S. The number of aromatic nitrogens is 1. The molecular weight excluding hydrogens is 429 g/mol. The van der Waals surface area contributed by atoms with Gasteiger partial charge in [0, 0.05) is 30.9 Å². The summed E-state index contributed by atoms with van der Waals surface area (Å²) >= 11 is 0. The molecule has 8 heteroatoms. The number of hydrogen-bond donors (Lipinski definition) is 0. The van der Waals surface area contributed by atoms with Crippen molar-refractivity contribution in [3.8, 4) is 22.9 Å². The first-order chi connectivity index (χ1) is 15.5. The van der Waals surface area contributed by atoms with Gasteiger partial charge in [0.1, 0.15) is 23.7 Å². The van der Waals surface area contributed by atoms with Crippen LogP contribution >= 0.6 is 0 Å². The van der Waals surface area contributed by atoms with Crippen molar-refractivity contribution >= 4 is 20.8 Å². The van der Waals surface area contributed by atoms with Crippen molar-refractivity contribution in [3.05, 3.63) is 60.2 Å². The molecule has 0 unspecified atom stereocenters. The minimum atomic E-state index is -3.16. The SMILES string of the molecule is N#Cc1cc(-c2cc(OC3CCN(S(=O)(=O)C4CC4)CC3)c3cnccc3c2)ccc1F. The third-order valence-electron chi connectivity index (χ3n) is 6.14. The van der Waals surface area contributed by atoms with Gasteiger partial charge in [0.15, 0.2) is 0 Å². The summed E-state index contributed by atoms with van der Waals surface area (Å²) in [5.41, 5.74) is 1.52. The Morgan fingerprint density at radius 2 is 1.84 bits per heavy atom. The Kier molecular flexibility index (Phi) is 5.31. The van der Waals surface area contributed by atoms with Crippen LogP contribution in [-0.4, -0.2) is 42.2 Å². The highest BCUT2D eigenvalue weighted by Crippen LogP contribution is 2.36. The topological polar surface area (TPSA) is 83.3 Å². The van der Waals surface area contributed by atoms with Crippen LogP contribution in [0.5, 0.6) is 5.75 Å². The molecule has 2 aromatic carbocycles. The molecule has 3 aromatic rings. The van der Waals surface area contributed by atoms with Gasteiger partial charge in [0.25, 0.3) is 0 Å². The van der Waals surface area contributed by atoms with Crippen molar-refractivity contribution < 1.29 is 17.5 Å². The quantitative estimate of drug-likeness (QED) is 0.579. The standard InChI is InChI=1S/C24H22FN3O3S/c25-23-4-1-16(11-19(23)14-26)18-12-17-5-8-27-15-22(17)24(13-18)31-20-6-9-28(10-7-20)32(29,30)21-2-3-21/h1,4-5,8,11-13,15,20-21H,2-3,6-7,9-10H2. The van der Waals surface area contributed by atoms with E-state index in [0.717, 1.165) is 34.7 Å².